The number of aliphatic hydroxyl groups is 1. The lowest BCUT2D eigenvalue weighted by Crippen LogP contribution is -2.77. The van der Waals surface area contributed by atoms with E-state index >= 15 is 9.59 Å². The van der Waals surface area contributed by atoms with Crippen molar-refractivity contribution in [1.82, 2.24) is 9.80 Å². The molecule has 1 unspecified atom stereocenters. The molecule has 2 aromatic rings. The second-order valence-electron chi connectivity index (χ2n) is 26.4. The molecule has 2 aromatic carbocycles. The molecule has 6 fully saturated rings. The number of allylic oxidation sites excluding steroid dienone is 2. The van der Waals surface area contributed by atoms with Crippen LogP contribution in [0.4, 0.5) is 0 Å². The molecule has 4 spiro atoms. The highest BCUT2D eigenvalue weighted by Gasteiger charge is 2.93. The van der Waals surface area contributed by atoms with E-state index in [1.807, 2.05) is 0 Å². The zero-order valence-corrected chi connectivity index (χ0v) is 42.7. The zero-order valence-electron chi connectivity index (χ0n) is 42.7. The summed E-state index contributed by atoms with van der Waals surface area (Å²) >= 11 is 0. The largest absolute Gasteiger partial charge is 0.509 e. The molecule has 3 saturated heterocycles. The minimum Gasteiger partial charge on any atom is -0.509 e. The van der Waals surface area contributed by atoms with Gasteiger partial charge in [-0.15, -0.1) is 0 Å². The number of nitrogens with zero attached hydrogens (tertiary/aromatic N) is 2. The first-order valence-electron chi connectivity index (χ1n) is 29.4. The Bertz CT molecular complexity index is 2690. The predicted octanol–water partition coefficient (Wildman–Crippen LogP) is 11.8. The van der Waals surface area contributed by atoms with Gasteiger partial charge in [0.05, 0.1) is 11.0 Å². The number of benzene rings is 2. The van der Waals surface area contributed by atoms with Crippen molar-refractivity contribution in [3.8, 4) is 0 Å². The average Bonchev–Trinajstić information content (AvgIpc) is 4.05. The summed E-state index contributed by atoms with van der Waals surface area (Å²) in [4.78, 5) is 37.5. The van der Waals surface area contributed by atoms with Gasteiger partial charge in [-0.3, -0.25) is 9.69 Å². The molecule has 9 heterocycles. The second-order valence-corrected chi connectivity index (χ2v) is 26.4. The summed E-state index contributed by atoms with van der Waals surface area (Å²) < 4.78 is 14.5. The summed E-state index contributed by atoms with van der Waals surface area (Å²) in [6, 6.07) is 16.6. The minimum atomic E-state index is -1.14. The Hall–Kier alpha value is -3.88. The number of piperidine rings is 2. The molecular formula is C63H79N3O5. The molecule has 14 atom stereocenters. The van der Waals surface area contributed by atoms with Gasteiger partial charge in [-0.25, -0.2) is 4.79 Å². The Morgan fingerprint density at radius 2 is 1.66 bits per heavy atom. The number of hydrogen-bond donors (Lipinski definition) is 2. The predicted molar refractivity (Wildman–Crippen MR) is 274 cm³/mol. The lowest BCUT2D eigenvalue weighted by atomic mass is 9.28. The van der Waals surface area contributed by atoms with Crippen molar-refractivity contribution in [3.63, 3.8) is 0 Å². The Morgan fingerprint density at radius 3 is 2.54 bits per heavy atom. The standard InChI is InChI=1S/C63H79N3O5/c1-37-27-42-19-20-50-44-30-40-34-65(36-44)46(32-45-16-4-5-22-60(45)23-6-7-24-60)33-51(67)57-61-25-21-47-49-31-43(53(37)55(47)56(42)66(50)35-40)29-39-13-8-12-38(28-39)11-2-3-18-52(62(49,61)59(69)70-57)63(61)48-17-9-14-41(15-10-26-64)54(48)58(68)71-63/h8-9,12-14,17,28,37,40,43-46,50,52-53,55,67H,2-7,10-11,15-16,18-27,29-36,64H2,1H3/b57-51-/t37-,40+,43+,44-,45+,46+,50+,52+,53-,55+,61-,62+,63-/m1/s1. The van der Waals surface area contributed by atoms with E-state index in [1.165, 1.54) is 99.3 Å². The fourth-order valence-electron chi connectivity index (χ4n) is 21.4. The van der Waals surface area contributed by atoms with E-state index in [0.717, 1.165) is 88.5 Å². The van der Waals surface area contributed by atoms with Gasteiger partial charge in [0.25, 0.3) is 0 Å². The van der Waals surface area contributed by atoms with Crippen molar-refractivity contribution < 1.29 is 24.2 Å². The molecule has 0 radical (unpaired) electrons. The van der Waals surface area contributed by atoms with E-state index in [9.17, 15) is 5.11 Å². The van der Waals surface area contributed by atoms with Crippen molar-refractivity contribution in [2.75, 3.05) is 26.2 Å². The van der Waals surface area contributed by atoms with Crippen molar-refractivity contribution in [2.24, 2.45) is 69.3 Å². The lowest BCUT2D eigenvalue weighted by molar-refractivity contribution is -0.279. The summed E-state index contributed by atoms with van der Waals surface area (Å²) in [6.07, 6.45) is 25.7. The topological polar surface area (TPSA) is 105 Å². The molecule has 9 aliphatic heterocycles. The first-order chi connectivity index (χ1) is 34.7. The number of hydrogen-bond acceptors (Lipinski definition) is 8. The molecule has 3 N–H and O–H groups in total. The van der Waals surface area contributed by atoms with Gasteiger partial charge >= 0.3 is 11.9 Å². The molecule has 15 bridgehead atoms. The number of aryl methyl sites for hydroxylation is 2. The highest BCUT2D eigenvalue weighted by Crippen LogP contribution is 2.87. The second kappa shape index (κ2) is 16.1. The number of carbonyl (C=O) groups is 2. The van der Waals surface area contributed by atoms with Gasteiger partial charge in [-0.2, -0.15) is 0 Å². The number of rotatable bonds is 5. The summed E-state index contributed by atoms with van der Waals surface area (Å²) in [5, 5.41) is 13.7. The molecule has 8 heteroatoms. The van der Waals surface area contributed by atoms with Crippen LogP contribution in [-0.2, 0) is 39.1 Å². The number of nitrogens with two attached hydrogens (primary N) is 1. The van der Waals surface area contributed by atoms with E-state index in [4.69, 9.17) is 15.2 Å². The van der Waals surface area contributed by atoms with Crippen molar-refractivity contribution in [2.45, 2.75) is 179 Å². The minimum absolute atomic E-state index is 0.153. The number of esters is 2. The molecule has 3 saturated carbocycles. The van der Waals surface area contributed by atoms with Crippen LogP contribution in [0.25, 0.3) is 0 Å². The Balaban J connectivity index is 0.994. The third kappa shape index (κ3) is 5.82. The molecule has 16 aliphatic rings. The third-order valence-corrected chi connectivity index (χ3v) is 23.6. The fraction of sp³-hybridized carbons (Fsp3) is 0.683. The Labute approximate surface area is 422 Å². The maximum Gasteiger partial charge on any atom is 0.339 e. The van der Waals surface area contributed by atoms with Crippen LogP contribution in [0.15, 0.2) is 76.4 Å². The molecule has 0 amide bonds. The monoisotopic (exact) mass is 958 g/mol. The van der Waals surface area contributed by atoms with E-state index in [0.29, 0.717) is 84.1 Å². The Kier molecular flexibility index (Phi) is 10.1. The van der Waals surface area contributed by atoms with Crippen LogP contribution < -0.4 is 5.73 Å². The van der Waals surface area contributed by atoms with Crippen LogP contribution in [0.3, 0.4) is 0 Å². The van der Waals surface area contributed by atoms with E-state index in [1.54, 1.807) is 11.3 Å². The maximum absolute atomic E-state index is 16.4. The molecule has 7 aliphatic carbocycles. The van der Waals surface area contributed by atoms with E-state index in [-0.39, 0.29) is 35.6 Å². The number of aliphatic hydroxyl groups excluding tert-OH is 1. The normalized spacial score (nSPS) is 43.2. The zero-order chi connectivity index (χ0) is 47.6. The molecule has 71 heavy (non-hydrogen) atoms. The van der Waals surface area contributed by atoms with Crippen molar-refractivity contribution in [1.29, 1.82) is 0 Å². The van der Waals surface area contributed by atoms with Gasteiger partial charge in [0.2, 0.25) is 0 Å². The first kappa shape index (κ1) is 44.6. The average molecular weight is 958 g/mol. The molecule has 376 valence electrons. The Morgan fingerprint density at radius 1 is 0.831 bits per heavy atom. The summed E-state index contributed by atoms with van der Waals surface area (Å²) in [6.45, 7) is 6.42. The highest BCUT2D eigenvalue weighted by atomic mass is 16.6. The van der Waals surface area contributed by atoms with Gasteiger partial charge in [-0.05, 0) is 180 Å². The van der Waals surface area contributed by atoms with Crippen LogP contribution in [0.5, 0.6) is 0 Å². The number of carbonyl (C=O) groups excluding carboxylic acids is 2. The molecule has 18 rings (SSSR count). The summed E-state index contributed by atoms with van der Waals surface area (Å²) in [5.41, 5.74) is 15.1. The van der Waals surface area contributed by atoms with Gasteiger partial charge < -0.3 is 25.2 Å². The van der Waals surface area contributed by atoms with Crippen LogP contribution in [0.2, 0.25) is 0 Å². The van der Waals surface area contributed by atoms with Crippen LogP contribution in [0.1, 0.15) is 174 Å². The van der Waals surface area contributed by atoms with Gasteiger partial charge in [0.15, 0.2) is 11.4 Å². The fourth-order valence-corrected chi connectivity index (χ4v) is 21.4. The maximum atomic E-state index is 16.4. The van der Waals surface area contributed by atoms with Crippen LogP contribution in [0, 0.1) is 63.6 Å². The highest BCUT2D eigenvalue weighted by molar-refractivity contribution is 6.00. The smallest absolute Gasteiger partial charge is 0.339 e. The van der Waals surface area contributed by atoms with Gasteiger partial charge in [0.1, 0.15) is 11.2 Å². The van der Waals surface area contributed by atoms with E-state index < -0.39 is 16.4 Å². The number of fused-ring (bicyclic) bond motifs is 7. The van der Waals surface area contributed by atoms with Crippen molar-refractivity contribution >= 4 is 11.9 Å². The van der Waals surface area contributed by atoms with Gasteiger partial charge in [-0.1, -0.05) is 98.2 Å². The molecule has 8 nitrogen and oxygen atoms in total. The van der Waals surface area contributed by atoms with Crippen LogP contribution in [-0.4, -0.2) is 65.1 Å². The number of ether oxygens (including phenoxy) is 2. The third-order valence-electron chi connectivity index (χ3n) is 23.6. The van der Waals surface area contributed by atoms with E-state index in [2.05, 4.69) is 59.2 Å². The lowest BCUT2D eigenvalue weighted by Gasteiger charge is -2.72. The quantitative estimate of drug-likeness (QED) is 0.226. The molecular weight excluding hydrogens is 879 g/mol. The van der Waals surface area contributed by atoms with Gasteiger partial charge in [0, 0.05) is 61.2 Å². The summed E-state index contributed by atoms with van der Waals surface area (Å²) in [7, 11) is 0. The summed E-state index contributed by atoms with van der Waals surface area (Å²) in [5.74, 6) is 3.47. The SMILES string of the molecule is C[C@@H]1CC2=C3[C@H]4C5=C6C[C@H](Cc7cccc(c7)CCCC[C@H]7[C@]68C(=O)O/C(=C(\O)C[C@H](C[C@@H]6CCCCC69CCCC9)N6C[C@@H]9C[C@H](C6)[C@H](CC2)N3C9)[C@@]8(CC5)[C@]72OC(=O)c3c(CCCN)cccc32)[C@H]41. The van der Waals surface area contributed by atoms with Crippen LogP contribution >= 0.6 is 0 Å². The molecule has 0 aromatic heterocycles. The van der Waals surface area contributed by atoms with Crippen molar-refractivity contribution in [3.05, 3.63) is 104 Å². The first-order valence-corrected chi connectivity index (χ1v) is 29.4.